The maximum atomic E-state index is 15.2. The summed E-state index contributed by atoms with van der Waals surface area (Å²) in [6.07, 6.45) is 4.58. The summed E-state index contributed by atoms with van der Waals surface area (Å²) in [5, 5.41) is 7.75. The van der Waals surface area contributed by atoms with Crippen molar-refractivity contribution in [1.82, 2.24) is 19.7 Å². The summed E-state index contributed by atoms with van der Waals surface area (Å²) in [4.78, 5) is 10.8. The van der Waals surface area contributed by atoms with Crippen LogP contribution in [0.4, 0.5) is 26.2 Å². The number of rotatable bonds is 6. The first-order valence-electron chi connectivity index (χ1n) is 10.6. The van der Waals surface area contributed by atoms with Gasteiger partial charge in [-0.1, -0.05) is 11.6 Å². The molecule has 0 unspecified atom stereocenters. The molecular weight excluding hydrogens is 446 g/mol. The monoisotopic (exact) mass is 466 g/mol. The first kappa shape index (κ1) is 21.3. The summed E-state index contributed by atoms with van der Waals surface area (Å²) in [5.41, 5.74) is 3.55. The first-order chi connectivity index (χ1) is 16.0. The highest BCUT2D eigenvalue weighted by Gasteiger charge is 2.24. The normalized spacial score (nSPS) is 12.8. The number of nitrogens with one attached hydrogen (secondary N) is 1. The Balaban J connectivity index is 1.36. The van der Waals surface area contributed by atoms with Crippen LogP contribution in [-0.2, 0) is 19.9 Å². The lowest BCUT2D eigenvalue weighted by atomic mass is 10.0. The van der Waals surface area contributed by atoms with Crippen LogP contribution < -0.4 is 10.2 Å². The molecule has 2 aromatic heterocycles. The van der Waals surface area contributed by atoms with Crippen LogP contribution in [0.5, 0.6) is 0 Å². The minimum Gasteiger partial charge on any atom is -0.368 e. The van der Waals surface area contributed by atoms with Gasteiger partial charge in [0, 0.05) is 43.0 Å². The molecule has 0 saturated heterocycles. The van der Waals surface area contributed by atoms with Gasteiger partial charge in [0.25, 0.3) is 0 Å². The van der Waals surface area contributed by atoms with Crippen LogP contribution in [0.25, 0.3) is 11.3 Å². The summed E-state index contributed by atoms with van der Waals surface area (Å²) >= 11 is 6.19. The molecule has 0 atom stereocenters. The van der Waals surface area contributed by atoms with Crippen molar-refractivity contribution in [3.05, 3.63) is 82.6 Å². The Kier molecular flexibility index (Phi) is 5.68. The van der Waals surface area contributed by atoms with E-state index >= 15 is 4.39 Å². The highest BCUT2D eigenvalue weighted by Crippen LogP contribution is 2.35. The average molecular weight is 467 g/mol. The van der Waals surface area contributed by atoms with Gasteiger partial charge in [0.05, 0.1) is 17.6 Å². The van der Waals surface area contributed by atoms with E-state index in [1.165, 1.54) is 18.2 Å². The highest BCUT2D eigenvalue weighted by molar-refractivity contribution is 6.31. The highest BCUT2D eigenvalue weighted by atomic mass is 35.5. The van der Waals surface area contributed by atoms with Crippen molar-refractivity contribution < 1.29 is 8.78 Å². The van der Waals surface area contributed by atoms with Gasteiger partial charge in [-0.3, -0.25) is 4.68 Å². The van der Waals surface area contributed by atoms with Gasteiger partial charge in [-0.15, -0.1) is 0 Å². The smallest absolute Gasteiger partial charge is 0.228 e. The number of hydrogen-bond acceptors (Lipinski definition) is 5. The molecule has 0 spiro atoms. The van der Waals surface area contributed by atoms with Gasteiger partial charge in [0.2, 0.25) is 5.95 Å². The van der Waals surface area contributed by atoms with Crippen molar-refractivity contribution in [1.29, 1.82) is 0 Å². The van der Waals surface area contributed by atoms with Crippen LogP contribution in [0.15, 0.2) is 54.9 Å². The van der Waals surface area contributed by atoms with Crippen LogP contribution in [0, 0.1) is 11.6 Å². The molecule has 168 valence electrons. The van der Waals surface area contributed by atoms with Crippen molar-refractivity contribution in [2.24, 2.45) is 7.05 Å². The van der Waals surface area contributed by atoms with Crippen molar-refractivity contribution in [3.63, 3.8) is 0 Å². The molecule has 1 aliphatic heterocycles. The van der Waals surface area contributed by atoms with Gasteiger partial charge < -0.3 is 10.2 Å². The zero-order valence-electron chi connectivity index (χ0n) is 17.9. The molecule has 2 aromatic carbocycles. The molecule has 0 amide bonds. The molecule has 5 rings (SSSR count). The lowest BCUT2D eigenvalue weighted by Gasteiger charge is -2.20. The van der Waals surface area contributed by atoms with E-state index in [1.807, 2.05) is 24.1 Å². The lowest BCUT2D eigenvalue weighted by Crippen LogP contribution is -2.24. The molecule has 1 N–H and O–H groups in total. The molecule has 0 aliphatic carbocycles. The summed E-state index contributed by atoms with van der Waals surface area (Å²) in [7, 11) is 1.82. The largest absolute Gasteiger partial charge is 0.368 e. The van der Waals surface area contributed by atoms with Crippen LogP contribution in [-0.4, -0.2) is 32.8 Å². The summed E-state index contributed by atoms with van der Waals surface area (Å²) in [5.74, 6) is 0.533. The van der Waals surface area contributed by atoms with Crippen molar-refractivity contribution in [2.75, 3.05) is 23.3 Å². The third kappa shape index (κ3) is 4.39. The predicted molar refractivity (Wildman–Crippen MR) is 125 cm³/mol. The number of aromatic nitrogens is 4. The molecular formula is C24H21ClF2N6. The van der Waals surface area contributed by atoms with E-state index in [4.69, 9.17) is 11.6 Å². The number of anilines is 3. The Morgan fingerprint density at radius 1 is 1.09 bits per heavy atom. The number of nitrogens with zero attached hydrogens (tertiary/aromatic N) is 5. The van der Waals surface area contributed by atoms with E-state index < -0.39 is 0 Å². The number of benzene rings is 2. The average Bonchev–Trinajstić information content (AvgIpc) is 3.41. The van der Waals surface area contributed by atoms with Crippen LogP contribution in [0.1, 0.15) is 11.1 Å². The Morgan fingerprint density at radius 2 is 1.97 bits per heavy atom. The molecule has 33 heavy (non-hydrogen) atoms. The second kappa shape index (κ2) is 8.78. The number of fused-ring (bicyclic) bond motifs is 1. The Labute approximate surface area is 194 Å². The van der Waals surface area contributed by atoms with Gasteiger partial charge in [0.15, 0.2) is 0 Å². The molecule has 1 aliphatic rings. The third-order valence-corrected chi connectivity index (χ3v) is 6.15. The zero-order chi connectivity index (χ0) is 22.9. The van der Waals surface area contributed by atoms with E-state index in [2.05, 4.69) is 20.4 Å². The third-order valence-electron chi connectivity index (χ3n) is 5.78. The minimum atomic E-state index is -0.325. The Hall–Kier alpha value is -3.52. The zero-order valence-corrected chi connectivity index (χ0v) is 18.7. The molecule has 4 aromatic rings. The van der Waals surface area contributed by atoms with Gasteiger partial charge in [-0.05, 0) is 60.4 Å². The maximum Gasteiger partial charge on any atom is 0.228 e. The van der Waals surface area contributed by atoms with Gasteiger partial charge in [-0.25, -0.2) is 18.7 Å². The van der Waals surface area contributed by atoms with Crippen molar-refractivity contribution in [3.8, 4) is 11.3 Å². The van der Waals surface area contributed by atoms with Crippen LogP contribution in [0.2, 0.25) is 5.02 Å². The summed E-state index contributed by atoms with van der Waals surface area (Å²) < 4.78 is 30.5. The van der Waals surface area contributed by atoms with E-state index in [9.17, 15) is 4.39 Å². The second-order valence-corrected chi connectivity index (χ2v) is 8.33. The molecule has 0 bridgehead atoms. The quantitative estimate of drug-likeness (QED) is 0.425. The Morgan fingerprint density at radius 3 is 2.79 bits per heavy atom. The summed E-state index contributed by atoms with van der Waals surface area (Å²) in [6.45, 7) is 1.25. The van der Waals surface area contributed by atoms with E-state index in [0.29, 0.717) is 47.4 Å². The molecule has 9 heteroatoms. The molecule has 0 fully saturated rings. The van der Waals surface area contributed by atoms with E-state index in [1.54, 1.807) is 29.2 Å². The van der Waals surface area contributed by atoms with Crippen molar-refractivity contribution in [2.45, 2.75) is 12.8 Å². The second-order valence-electron chi connectivity index (χ2n) is 7.92. The fourth-order valence-electron chi connectivity index (χ4n) is 4.12. The van der Waals surface area contributed by atoms with Crippen molar-refractivity contribution >= 4 is 29.1 Å². The van der Waals surface area contributed by atoms with Gasteiger partial charge in [0.1, 0.15) is 17.5 Å². The fourth-order valence-corrected chi connectivity index (χ4v) is 4.33. The molecule has 0 saturated carbocycles. The SMILES string of the molecule is Cn1nccc1Nc1nccc(-c2cc(F)c3c(c2)CCN3CCc2cc(F)ccc2Cl)n1. The van der Waals surface area contributed by atoms with E-state index in [-0.39, 0.29) is 11.6 Å². The molecule has 6 nitrogen and oxygen atoms in total. The predicted octanol–water partition coefficient (Wildman–Crippen LogP) is 5.16. The maximum absolute atomic E-state index is 15.2. The first-order valence-corrected chi connectivity index (χ1v) is 11.0. The van der Waals surface area contributed by atoms with E-state index in [0.717, 1.165) is 23.4 Å². The number of hydrogen-bond donors (Lipinski definition) is 1. The topological polar surface area (TPSA) is 58.9 Å². The van der Waals surface area contributed by atoms with Crippen LogP contribution >= 0.6 is 11.6 Å². The number of halogens is 3. The fraction of sp³-hybridized carbons (Fsp3) is 0.208. The van der Waals surface area contributed by atoms with Crippen LogP contribution in [0.3, 0.4) is 0 Å². The Bertz CT molecular complexity index is 1320. The standard InChI is InChI=1S/C24H21ClF2N6/c1-32-22(5-9-29-32)31-24-28-8-4-21(30-24)17-12-16-7-11-33(23(16)20(27)14-17)10-6-15-13-18(26)2-3-19(15)25/h2-5,8-9,12-14H,6-7,10-11H2,1H3,(H,28,30,31). The lowest BCUT2D eigenvalue weighted by molar-refractivity contribution is 0.619. The molecule has 0 radical (unpaired) electrons. The van der Waals surface area contributed by atoms with Gasteiger partial charge in [-0.2, -0.15) is 5.10 Å². The number of aryl methyl sites for hydroxylation is 1. The summed E-state index contributed by atoms with van der Waals surface area (Å²) in [6, 6.07) is 11.4. The minimum absolute atomic E-state index is 0.301. The molecule has 3 heterocycles. The van der Waals surface area contributed by atoms with Gasteiger partial charge >= 0.3 is 0 Å².